The van der Waals surface area contributed by atoms with Gasteiger partial charge in [0.25, 0.3) is 0 Å². The van der Waals surface area contributed by atoms with Crippen molar-refractivity contribution in [3.8, 4) is 5.75 Å². The van der Waals surface area contributed by atoms with Gasteiger partial charge in [0.1, 0.15) is 11.4 Å². The Kier molecular flexibility index (Phi) is 4.62. The highest BCUT2D eigenvalue weighted by molar-refractivity contribution is 7.92. The van der Waals surface area contributed by atoms with Crippen LogP contribution in [0.3, 0.4) is 0 Å². The summed E-state index contributed by atoms with van der Waals surface area (Å²) in [6.45, 7) is 7.69. The summed E-state index contributed by atoms with van der Waals surface area (Å²) in [5.41, 5.74) is 0.336. The van der Waals surface area contributed by atoms with Crippen molar-refractivity contribution >= 4 is 15.7 Å². The summed E-state index contributed by atoms with van der Waals surface area (Å²) in [6.07, 6.45) is 0.900. The molecule has 0 amide bonds. The van der Waals surface area contributed by atoms with Gasteiger partial charge in [-0.05, 0) is 51.5 Å². The van der Waals surface area contributed by atoms with Crippen LogP contribution in [0.1, 0.15) is 35.5 Å². The van der Waals surface area contributed by atoms with Gasteiger partial charge in [-0.2, -0.15) is 0 Å². The van der Waals surface area contributed by atoms with Crippen LogP contribution in [-0.2, 0) is 10.0 Å². The Labute approximate surface area is 111 Å². The van der Waals surface area contributed by atoms with Crippen LogP contribution in [0.15, 0.2) is 24.3 Å². The smallest absolute Gasteiger partial charge is 0.232 e. The van der Waals surface area contributed by atoms with Crippen molar-refractivity contribution in [3.05, 3.63) is 24.3 Å². The molecule has 1 N–H and O–H groups in total. The zero-order chi connectivity index (χ0) is 13.8. The molecule has 18 heavy (non-hydrogen) atoms. The molecule has 0 saturated carbocycles. The first-order chi connectivity index (χ1) is 8.28. The molecule has 0 saturated heterocycles. The second kappa shape index (κ2) is 5.61. The number of benzene rings is 1. The molecule has 0 fully saturated rings. The molecule has 1 aromatic carbocycles. The van der Waals surface area contributed by atoms with Crippen molar-refractivity contribution in [2.75, 3.05) is 10.5 Å². The number of ether oxygens (including phenoxy) is 1. The van der Waals surface area contributed by atoms with Crippen LogP contribution in [0.5, 0.6) is 5.75 Å². The third-order valence-corrected chi connectivity index (χ3v) is 4.06. The van der Waals surface area contributed by atoms with E-state index in [0.29, 0.717) is 5.69 Å². The van der Waals surface area contributed by atoms with Crippen LogP contribution in [0.25, 0.3) is 0 Å². The summed E-state index contributed by atoms with van der Waals surface area (Å²) in [7, 11) is -3.22. The fraction of sp³-hybridized carbons (Fsp3) is 0.538. The largest absolute Gasteiger partial charge is 0.488 e. The van der Waals surface area contributed by atoms with E-state index in [-0.39, 0.29) is 12.8 Å². The average Bonchev–Trinajstić information content (AvgIpc) is 2.31. The molecule has 0 spiro atoms. The van der Waals surface area contributed by atoms with Crippen LogP contribution in [-0.4, -0.2) is 19.8 Å². The van der Waals surface area contributed by atoms with Crippen molar-refractivity contribution in [2.24, 2.45) is 0 Å². The van der Waals surface area contributed by atoms with E-state index in [4.69, 9.17) is 4.74 Å². The highest BCUT2D eigenvalue weighted by atomic mass is 32.2. The number of anilines is 1. The highest BCUT2D eigenvalue weighted by Gasteiger charge is 2.16. The first kappa shape index (κ1) is 14.8. The molecular formula is C13H23NO3S. The van der Waals surface area contributed by atoms with Gasteiger partial charge in [0.15, 0.2) is 0 Å². The predicted octanol–water partition coefficient (Wildman–Crippen LogP) is 3.26. The second-order valence-corrected chi connectivity index (χ2v) is 6.76. The molecule has 0 aliphatic carbocycles. The SMILES string of the molecule is CCC(C)(C)Oc1ccc(NS(=O)(=O)CC)cc1.[HH]. The van der Waals surface area contributed by atoms with Gasteiger partial charge >= 0.3 is 0 Å². The van der Waals surface area contributed by atoms with E-state index in [0.717, 1.165) is 12.2 Å². The Morgan fingerprint density at radius 2 is 1.78 bits per heavy atom. The Morgan fingerprint density at radius 1 is 1.22 bits per heavy atom. The molecule has 4 nitrogen and oxygen atoms in total. The van der Waals surface area contributed by atoms with E-state index in [9.17, 15) is 8.42 Å². The molecule has 0 aliphatic rings. The maximum atomic E-state index is 11.4. The first-order valence-corrected chi connectivity index (χ1v) is 7.73. The van der Waals surface area contributed by atoms with Crippen molar-refractivity contribution in [1.29, 1.82) is 0 Å². The standard InChI is InChI=1S/C13H21NO3S.H2/c1-5-13(3,4)17-12-9-7-11(8-10-12)14-18(15,16)6-2;/h7-10,14H,5-6H2,1-4H3;1H. The normalized spacial score (nSPS) is 12.2. The highest BCUT2D eigenvalue weighted by Crippen LogP contribution is 2.22. The van der Waals surface area contributed by atoms with Gasteiger partial charge < -0.3 is 4.74 Å². The van der Waals surface area contributed by atoms with Gasteiger partial charge in [0.2, 0.25) is 10.0 Å². The maximum absolute atomic E-state index is 11.4. The molecule has 0 aliphatic heterocycles. The van der Waals surface area contributed by atoms with Crippen LogP contribution < -0.4 is 9.46 Å². The van der Waals surface area contributed by atoms with Crippen LogP contribution in [0.4, 0.5) is 5.69 Å². The van der Waals surface area contributed by atoms with E-state index in [2.05, 4.69) is 11.6 Å². The lowest BCUT2D eigenvalue weighted by Crippen LogP contribution is -2.26. The molecule has 104 valence electrons. The molecule has 0 aromatic heterocycles. The van der Waals surface area contributed by atoms with E-state index in [1.54, 1.807) is 31.2 Å². The zero-order valence-electron chi connectivity index (χ0n) is 11.4. The van der Waals surface area contributed by atoms with Crippen molar-refractivity contribution in [1.82, 2.24) is 0 Å². The van der Waals surface area contributed by atoms with E-state index in [1.807, 2.05) is 13.8 Å². The molecule has 0 atom stereocenters. The summed E-state index contributed by atoms with van der Waals surface area (Å²) < 4.78 is 31.0. The van der Waals surface area contributed by atoms with E-state index >= 15 is 0 Å². The Hall–Kier alpha value is -1.23. The molecule has 5 heteroatoms. The number of nitrogens with one attached hydrogen (secondary N) is 1. The second-order valence-electron chi connectivity index (χ2n) is 4.75. The molecular weight excluding hydrogens is 250 g/mol. The fourth-order valence-corrected chi connectivity index (χ4v) is 1.87. The Morgan fingerprint density at radius 3 is 2.22 bits per heavy atom. The Balaban J connectivity index is 0.00000324. The third-order valence-electron chi connectivity index (χ3n) is 2.75. The minimum atomic E-state index is -3.22. The van der Waals surface area contributed by atoms with Gasteiger partial charge in [-0.1, -0.05) is 6.92 Å². The number of sulfonamides is 1. The quantitative estimate of drug-likeness (QED) is 0.865. The minimum Gasteiger partial charge on any atom is -0.488 e. The molecule has 0 bridgehead atoms. The van der Waals surface area contributed by atoms with Crippen LogP contribution in [0.2, 0.25) is 0 Å². The maximum Gasteiger partial charge on any atom is 0.232 e. The number of hydrogen-bond acceptors (Lipinski definition) is 3. The van der Waals surface area contributed by atoms with E-state index < -0.39 is 10.0 Å². The molecule has 0 radical (unpaired) electrons. The minimum absolute atomic E-state index is 0. The number of rotatable bonds is 6. The average molecular weight is 273 g/mol. The summed E-state index contributed by atoms with van der Waals surface area (Å²) in [6, 6.07) is 6.94. The summed E-state index contributed by atoms with van der Waals surface area (Å²) >= 11 is 0. The zero-order valence-corrected chi connectivity index (χ0v) is 12.2. The fourth-order valence-electron chi connectivity index (χ4n) is 1.23. The Bertz CT molecular complexity index is 483. The van der Waals surface area contributed by atoms with Crippen LogP contribution in [0, 0.1) is 0 Å². The van der Waals surface area contributed by atoms with Gasteiger partial charge in [-0.25, -0.2) is 8.42 Å². The molecule has 1 aromatic rings. The van der Waals surface area contributed by atoms with E-state index in [1.165, 1.54) is 0 Å². The van der Waals surface area contributed by atoms with Crippen LogP contribution >= 0.6 is 0 Å². The molecule has 0 unspecified atom stereocenters. The molecule has 1 rings (SSSR count). The lowest BCUT2D eigenvalue weighted by Gasteiger charge is -2.24. The number of hydrogen-bond donors (Lipinski definition) is 1. The third kappa shape index (κ3) is 4.56. The first-order valence-electron chi connectivity index (χ1n) is 6.07. The summed E-state index contributed by atoms with van der Waals surface area (Å²) in [5, 5.41) is 0. The van der Waals surface area contributed by atoms with Gasteiger partial charge in [0.05, 0.1) is 5.75 Å². The molecule has 0 heterocycles. The van der Waals surface area contributed by atoms with Gasteiger partial charge in [-0.3, -0.25) is 4.72 Å². The van der Waals surface area contributed by atoms with Crippen molar-refractivity contribution in [3.63, 3.8) is 0 Å². The lowest BCUT2D eigenvalue weighted by molar-refractivity contribution is 0.105. The monoisotopic (exact) mass is 273 g/mol. The van der Waals surface area contributed by atoms with Gasteiger partial charge in [0, 0.05) is 7.11 Å². The van der Waals surface area contributed by atoms with Gasteiger partial charge in [-0.15, -0.1) is 0 Å². The van der Waals surface area contributed by atoms with Crippen molar-refractivity contribution < 1.29 is 14.6 Å². The predicted molar refractivity (Wildman–Crippen MR) is 76.6 cm³/mol. The topological polar surface area (TPSA) is 55.4 Å². The lowest BCUT2D eigenvalue weighted by atomic mass is 10.1. The summed E-state index contributed by atoms with van der Waals surface area (Å²) in [5.74, 6) is 0.801. The summed E-state index contributed by atoms with van der Waals surface area (Å²) in [4.78, 5) is 0. The van der Waals surface area contributed by atoms with Crippen molar-refractivity contribution in [2.45, 2.75) is 39.7 Å².